The number of piperidine rings is 1. The Hall–Kier alpha value is -1.42. The highest BCUT2D eigenvalue weighted by atomic mass is 19.1. The second kappa shape index (κ2) is 6.15. The first-order chi connectivity index (χ1) is 9.11. The molecular weight excluding hydrogens is 243 g/mol. The predicted octanol–water partition coefficient (Wildman–Crippen LogP) is 2.21. The summed E-state index contributed by atoms with van der Waals surface area (Å²) in [7, 11) is 1.93. The molecule has 0 spiro atoms. The van der Waals surface area contributed by atoms with E-state index >= 15 is 0 Å². The summed E-state index contributed by atoms with van der Waals surface area (Å²) in [6.07, 6.45) is 2.17. The number of aryl methyl sites for hydroxylation is 1. The molecule has 1 aliphatic rings. The molecule has 0 aliphatic carbocycles. The zero-order chi connectivity index (χ0) is 13.8. The predicted molar refractivity (Wildman–Crippen MR) is 73.7 cm³/mol. The highest BCUT2D eigenvalue weighted by Crippen LogP contribution is 2.19. The normalized spacial score (nSPS) is 19.5. The lowest BCUT2D eigenvalue weighted by molar-refractivity contribution is 0.0674. The number of nitrogens with zero attached hydrogens (tertiary/aromatic N) is 1. The zero-order valence-corrected chi connectivity index (χ0v) is 11.6. The largest absolute Gasteiger partial charge is 0.338 e. The number of hydrogen-bond donors (Lipinski definition) is 1. The molecule has 1 N–H and O–H groups in total. The van der Waals surface area contributed by atoms with Gasteiger partial charge in [0.25, 0.3) is 5.91 Å². The van der Waals surface area contributed by atoms with Gasteiger partial charge in [-0.1, -0.05) is 6.07 Å². The standard InChI is InChI=1S/C15H21FN2O/c1-11-5-6-13(8-14(11)16)15(19)18-7-3-4-12(10-18)9-17-2/h5-6,8,12,17H,3-4,7,9-10H2,1-2H3/t12-/m0/s1. The summed E-state index contributed by atoms with van der Waals surface area (Å²) in [5, 5.41) is 3.16. The average molecular weight is 264 g/mol. The maximum atomic E-state index is 13.5. The minimum Gasteiger partial charge on any atom is -0.338 e. The summed E-state index contributed by atoms with van der Waals surface area (Å²) >= 11 is 0. The smallest absolute Gasteiger partial charge is 0.253 e. The number of carbonyl (C=O) groups is 1. The Morgan fingerprint density at radius 2 is 2.32 bits per heavy atom. The molecule has 0 aromatic heterocycles. The Morgan fingerprint density at radius 3 is 3.00 bits per heavy atom. The summed E-state index contributed by atoms with van der Waals surface area (Å²) < 4.78 is 13.5. The molecule has 0 bridgehead atoms. The van der Waals surface area contributed by atoms with Crippen molar-refractivity contribution >= 4 is 5.91 Å². The molecular formula is C15H21FN2O. The van der Waals surface area contributed by atoms with Crippen LogP contribution in [0.4, 0.5) is 4.39 Å². The van der Waals surface area contributed by atoms with Gasteiger partial charge >= 0.3 is 0 Å². The monoisotopic (exact) mass is 264 g/mol. The van der Waals surface area contributed by atoms with E-state index in [-0.39, 0.29) is 11.7 Å². The summed E-state index contributed by atoms with van der Waals surface area (Å²) in [5.74, 6) is 0.132. The van der Waals surface area contributed by atoms with Crippen LogP contribution in [-0.4, -0.2) is 37.5 Å². The molecule has 1 aliphatic heterocycles. The van der Waals surface area contributed by atoms with Crippen LogP contribution in [0, 0.1) is 18.7 Å². The van der Waals surface area contributed by atoms with Crippen molar-refractivity contribution in [1.29, 1.82) is 0 Å². The molecule has 1 amide bonds. The van der Waals surface area contributed by atoms with Gasteiger partial charge in [-0.2, -0.15) is 0 Å². The van der Waals surface area contributed by atoms with Crippen LogP contribution in [0.3, 0.4) is 0 Å². The van der Waals surface area contributed by atoms with Crippen LogP contribution in [0.25, 0.3) is 0 Å². The fourth-order valence-corrected chi connectivity index (χ4v) is 2.61. The van der Waals surface area contributed by atoms with Crippen molar-refractivity contribution in [2.45, 2.75) is 19.8 Å². The van der Waals surface area contributed by atoms with E-state index in [0.717, 1.165) is 32.5 Å². The molecule has 0 radical (unpaired) electrons. The molecule has 1 atom stereocenters. The first kappa shape index (κ1) is 14.0. The van der Waals surface area contributed by atoms with Gasteiger partial charge in [0, 0.05) is 18.7 Å². The Labute approximate surface area is 113 Å². The molecule has 1 saturated heterocycles. The number of rotatable bonds is 3. The molecule has 4 heteroatoms. The van der Waals surface area contributed by atoms with E-state index < -0.39 is 0 Å². The molecule has 1 aromatic carbocycles. The maximum Gasteiger partial charge on any atom is 0.253 e. The summed E-state index contributed by atoms with van der Waals surface area (Å²) in [6, 6.07) is 4.72. The number of hydrogen-bond acceptors (Lipinski definition) is 2. The lowest BCUT2D eigenvalue weighted by atomic mass is 9.97. The van der Waals surface area contributed by atoms with Crippen molar-refractivity contribution in [1.82, 2.24) is 10.2 Å². The summed E-state index contributed by atoms with van der Waals surface area (Å²) in [5.41, 5.74) is 1.02. The van der Waals surface area contributed by atoms with E-state index in [9.17, 15) is 9.18 Å². The van der Waals surface area contributed by atoms with Gasteiger partial charge in [0.05, 0.1) is 0 Å². The van der Waals surface area contributed by atoms with Crippen LogP contribution in [-0.2, 0) is 0 Å². The lowest BCUT2D eigenvalue weighted by Crippen LogP contribution is -2.42. The van der Waals surface area contributed by atoms with Crippen molar-refractivity contribution < 1.29 is 9.18 Å². The number of carbonyl (C=O) groups excluding carboxylic acids is 1. The van der Waals surface area contributed by atoms with Gasteiger partial charge in [0.15, 0.2) is 0 Å². The van der Waals surface area contributed by atoms with Crippen molar-refractivity contribution in [2.24, 2.45) is 5.92 Å². The van der Waals surface area contributed by atoms with Crippen LogP contribution in [0.5, 0.6) is 0 Å². The fourth-order valence-electron chi connectivity index (χ4n) is 2.61. The first-order valence-corrected chi connectivity index (χ1v) is 6.82. The Bertz CT molecular complexity index is 459. The van der Waals surface area contributed by atoms with E-state index in [1.54, 1.807) is 19.1 Å². The minimum atomic E-state index is -0.311. The first-order valence-electron chi connectivity index (χ1n) is 6.82. The highest BCUT2D eigenvalue weighted by molar-refractivity contribution is 5.94. The van der Waals surface area contributed by atoms with E-state index in [0.29, 0.717) is 17.0 Å². The number of likely N-dealkylation sites (tertiary alicyclic amines) is 1. The summed E-state index contributed by atoms with van der Waals surface area (Å²) in [6.45, 7) is 4.16. The van der Waals surface area contributed by atoms with E-state index in [4.69, 9.17) is 0 Å². The van der Waals surface area contributed by atoms with Crippen LogP contribution in [0.15, 0.2) is 18.2 Å². The quantitative estimate of drug-likeness (QED) is 0.907. The van der Waals surface area contributed by atoms with Crippen molar-refractivity contribution in [3.05, 3.63) is 35.1 Å². The van der Waals surface area contributed by atoms with Gasteiger partial charge in [0.2, 0.25) is 0 Å². The van der Waals surface area contributed by atoms with Crippen molar-refractivity contribution in [3.63, 3.8) is 0 Å². The van der Waals surface area contributed by atoms with Crippen molar-refractivity contribution in [2.75, 3.05) is 26.7 Å². The second-order valence-corrected chi connectivity index (χ2v) is 5.28. The Morgan fingerprint density at radius 1 is 1.53 bits per heavy atom. The van der Waals surface area contributed by atoms with E-state index in [1.807, 2.05) is 11.9 Å². The number of halogens is 1. The SMILES string of the molecule is CNC[C@@H]1CCCN(C(=O)c2ccc(C)c(F)c2)C1. The average Bonchev–Trinajstić information content (AvgIpc) is 2.42. The topological polar surface area (TPSA) is 32.3 Å². The lowest BCUT2D eigenvalue weighted by Gasteiger charge is -2.32. The molecule has 0 saturated carbocycles. The van der Waals surface area contributed by atoms with Crippen LogP contribution in [0.1, 0.15) is 28.8 Å². The summed E-state index contributed by atoms with van der Waals surface area (Å²) in [4.78, 5) is 14.2. The van der Waals surface area contributed by atoms with E-state index in [1.165, 1.54) is 6.07 Å². The molecule has 2 rings (SSSR count). The molecule has 1 aromatic rings. The number of nitrogens with one attached hydrogen (secondary N) is 1. The third kappa shape index (κ3) is 3.32. The van der Waals surface area contributed by atoms with Gasteiger partial charge in [-0.05, 0) is 57.0 Å². The Balaban J connectivity index is 2.08. The van der Waals surface area contributed by atoms with Crippen LogP contribution in [0.2, 0.25) is 0 Å². The molecule has 3 nitrogen and oxygen atoms in total. The Kier molecular flexibility index (Phi) is 4.53. The molecule has 1 heterocycles. The second-order valence-electron chi connectivity index (χ2n) is 5.28. The minimum absolute atomic E-state index is 0.0558. The van der Waals surface area contributed by atoms with Crippen molar-refractivity contribution in [3.8, 4) is 0 Å². The molecule has 0 unspecified atom stereocenters. The van der Waals surface area contributed by atoms with Gasteiger partial charge in [-0.15, -0.1) is 0 Å². The third-order valence-corrected chi connectivity index (χ3v) is 3.72. The number of benzene rings is 1. The van der Waals surface area contributed by atoms with E-state index in [2.05, 4.69) is 5.32 Å². The maximum absolute atomic E-state index is 13.5. The fraction of sp³-hybridized carbons (Fsp3) is 0.533. The molecule has 104 valence electrons. The highest BCUT2D eigenvalue weighted by Gasteiger charge is 2.24. The molecule has 19 heavy (non-hydrogen) atoms. The number of amides is 1. The van der Waals surface area contributed by atoms with Gasteiger partial charge in [-0.3, -0.25) is 4.79 Å². The van der Waals surface area contributed by atoms with Gasteiger partial charge < -0.3 is 10.2 Å². The molecule has 1 fully saturated rings. The van der Waals surface area contributed by atoms with Gasteiger partial charge in [-0.25, -0.2) is 4.39 Å². The van der Waals surface area contributed by atoms with Crippen LogP contribution < -0.4 is 5.32 Å². The van der Waals surface area contributed by atoms with Gasteiger partial charge in [0.1, 0.15) is 5.82 Å². The van der Waals surface area contributed by atoms with Crippen LogP contribution >= 0.6 is 0 Å². The third-order valence-electron chi connectivity index (χ3n) is 3.72. The zero-order valence-electron chi connectivity index (χ0n) is 11.6.